The van der Waals surface area contributed by atoms with Gasteiger partial charge in [0.1, 0.15) is 4.99 Å². The summed E-state index contributed by atoms with van der Waals surface area (Å²) in [4.78, 5) is 0.423. The van der Waals surface area contributed by atoms with Crippen LogP contribution in [0.1, 0.15) is 49.7 Å². The Morgan fingerprint density at radius 1 is 0.929 bits per heavy atom. The summed E-state index contributed by atoms with van der Waals surface area (Å²) in [6.45, 7) is 0.545. The molecule has 3 N–H and O–H groups in total. The van der Waals surface area contributed by atoms with Crippen molar-refractivity contribution in [2.24, 2.45) is 5.73 Å². The van der Waals surface area contributed by atoms with Gasteiger partial charge in [0.05, 0.1) is 6.26 Å². The maximum Gasteiger partial charge on any atom is 0.208 e. The number of hydrogen-bond donors (Lipinski definition) is 2. The van der Waals surface area contributed by atoms with Gasteiger partial charge in [-0.3, -0.25) is 0 Å². The molecule has 0 radical (unpaired) electrons. The number of sulfonamides is 1. The maximum absolute atomic E-state index is 11.0. The minimum absolute atomic E-state index is 0.423. The lowest BCUT2D eigenvalue weighted by Crippen LogP contribution is -2.22. The van der Waals surface area contributed by atoms with Crippen LogP contribution in [0.4, 0.5) is 0 Å². The van der Waals surface area contributed by atoms with Crippen molar-refractivity contribution in [2.45, 2.75) is 44.9 Å². The summed E-state index contributed by atoms with van der Waals surface area (Å²) < 4.78 is 24.5. The van der Waals surface area contributed by atoms with Gasteiger partial charge in [-0.25, -0.2) is 13.1 Å². The Hall–Kier alpha value is -1.76. The maximum atomic E-state index is 11.0. The topological polar surface area (TPSA) is 72.2 Å². The van der Waals surface area contributed by atoms with Gasteiger partial charge in [0.25, 0.3) is 0 Å². The molecule has 0 aliphatic carbocycles. The Bertz CT molecular complexity index is 862. The van der Waals surface area contributed by atoms with Gasteiger partial charge in [0, 0.05) is 12.1 Å². The van der Waals surface area contributed by atoms with E-state index in [1.807, 2.05) is 18.2 Å². The molecular formula is C22H30N2O2S2. The third-order valence-electron chi connectivity index (χ3n) is 4.71. The lowest BCUT2D eigenvalue weighted by molar-refractivity contribution is 0.569. The van der Waals surface area contributed by atoms with Gasteiger partial charge in [-0.05, 0) is 36.0 Å². The third kappa shape index (κ3) is 8.09. The molecule has 2 rings (SSSR count). The molecule has 0 atom stereocenters. The summed E-state index contributed by atoms with van der Waals surface area (Å²) in [5.74, 6) is 0. The van der Waals surface area contributed by atoms with Gasteiger partial charge in [0.15, 0.2) is 0 Å². The Morgan fingerprint density at radius 2 is 1.54 bits per heavy atom. The van der Waals surface area contributed by atoms with Gasteiger partial charge in [-0.1, -0.05) is 86.4 Å². The molecular weight excluding hydrogens is 388 g/mol. The molecule has 0 saturated carbocycles. The van der Waals surface area contributed by atoms with Crippen LogP contribution in [-0.4, -0.2) is 26.2 Å². The van der Waals surface area contributed by atoms with Crippen molar-refractivity contribution in [3.8, 4) is 11.1 Å². The minimum Gasteiger partial charge on any atom is -0.389 e. The van der Waals surface area contributed by atoms with Crippen LogP contribution in [0.5, 0.6) is 0 Å². The summed E-state index contributed by atoms with van der Waals surface area (Å²) in [5.41, 5.74) is 10.3. The smallest absolute Gasteiger partial charge is 0.208 e. The zero-order valence-corrected chi connectivity index (χ0v) is 18.1. The minimum atomic E-state index is -3.05. The molecule has 0 bridgehead atoms. The largest absolute Gasteiger partial charge is 0.389 e. The quantitative estimate of drug-likeness (QED) is 0.395. The fourth-order valence-corrected chi connectivity index (χ4v) is 3.91. The SMILES string of the molecule is CS(=O)(=O)NCCCCCCCCc1ccc(-c2ccccc2C(N)=S)cc1. The van der Waals surface area contributed by atoms with E-state index in [1.165, 1.54) is 31.1 Å². The van der Waals surface area contributed by atoms with Gasteiger partial charge in [0.2, 0.25) is 10.0 Å². The van der Waals surface area contributed by atoms with Gasteiger partial charge < -0.3 is 5.73 Å². The number of thiocarbonyl (C=S) groups is 1. The van der Waals surface area contributed by atoms with Gasteiger partial charge in [-0.15, -0.1) is 0 Å². The van der Waals surface area contributed by atoms with E-state index in [9.17, 15) is 8.42 Å². The summed E-state index contributed by atoms with van der Waals surface area (Å²) in [7, 11) is -3.05. The first kappa shape index (κ1) is 22.5. The lowest BCUT2D eigenvalue weighted by Gasteiger charge is -2.09. The van der Waals surface area contributed by atoms with Gasteiger partial charge in [-0.2, -0.15) is 0 Å². The highest BCUT2D eigenvalue weighted by Gasteiger charge is 2.06. The van der Waals surface area contributed by atoms with Crippen LogP contribution in [-0.2, 0) is 16.4 Å². The van der Waals surface area contributed by atoms with E-state index >= 15 is 0 Å². The monoisotopic (exact) mass is 418 g/mol. The first-order chi connectivity index (χ1) is 13.4. The highest BCUT2D eigenvalue weighted by atomic mass is 32.2. The van der Waals surface area contributed by atoms with E-state index in [1.54, 1.807) is 0 Å². The Morgan fingerprint density at radius 3 is 2.18 bits per heavy atom. The van der Waals surface area contributed by atoms with Crippen LogP contribution in [0.15, 0.2) is 48.5 Å². The van der Waals surface area contributed by atoms with Crippen molar-refractivity contribution in [3.63, 3.8) is 0 Å². The standard InChI is InChI=1S/C22H30N2O2S2/c1-28(25,26)24-17-9-5-3-2-4-6-10-18-13-15-19(16-14-18)20-11-7-8-12-21(20)22(23)27/h7-8,11-16,24H,2-6,9-10,17H2,1H3,(H2,23,27). The van der Waals surface area contributed by atoms with Crippen LogP contribution in [0, 0.1) is 0 Å². The molecule has 0 aromatic heterocycles. The Labute approximate surface area is 174 Å². The highest BCUT2D eigenvalue weighted by Crippen LogP contribution is 2.24. The number of nitrogens with one attached hydrogen (secondary N) is 1. The predicted octanol–water partition coefficient (Wildman–Crippen LogP) is 4.42. The number of hydrogen-bond acceptors (Lipinski definition) is 3. The average Bonchev–Trinajstić information content (AvgIpc) is 2.66. The Kier molecular flexibility index (Phi) is 9.09. The highest BCUT2D eigenvalue weighted by molar-refractivity contribution is 7.88. The molecule has 152 valence electrons. The van der Waals surface area contributed by atoms with Crippen molar-refractivity contribution in [1.29, 1.82) is 0 Å². The molecule has 0 saturated heterocycles. The number of rotatable bonds is 12. The molecule has 6 heteroatoms. The van der Waals surface area contributed by atoms with E-state index in [0.717, 1.165) is 42.4 Å². The fraction of sp³-hybridized carbons (Fsp3) is 0.409. The molecule has 2 aromatic carbocycles. The average molecular weight is 419 g/mol. The zero-order chi connectivity index (χ0) is 20.4. The second-order valence-corrected chi connectivity index (χ2v) is 9.42. The first-order valence-corrected chi connectivity index (χ1v) is 12.1. The lowest BCUT2D eigenvalue weighted by atomic mass is 9.97. The molecule has 0 heterocycles. The second kappa shape index (κ2) is 11.3. The van der Waals surface area contributed by atoms with E-state index < -0.39 is 10.0 Å². The predicted molar refractivity (Wildman–Crippen MR) is 122 cm³/mol. The summed E-state index contributed by atoms with van der Waals surface area (Å²) in [6.07, 6.45) is 8.97. The molecule has 0 unspecified atom stereocenters. The Balaban J connectivity index is 1.69. The van der Waals surface area contributed by atoms with Crippen molar-refractivity contribution < 1.29 is 8.42 Å². The first-order valence-electron chi connectivity index (χ1n) is 9.79. The van der Waals surface area contributed by atoms with Crippen molar-refractivity contribution in [3.05, 3.63) is 59.7 Å². The van der Waals surface area contributed by atoms with Crippen LogP contribution in [0.3, 0.4) is 0 Å². The van der Waals surface area contributed by atoms with Crippen molar-refractivity contribution >= 4 is 27.2 Å². The number of nitrogens with two attached hydrogens (primary N) is 1. The molecule has 4 nitrogen and oxygen atoms in total. The molecule has 0 amide bonds. The molecule has 28 heavy (non-hydrogen) atoms. The van der Waals surface area contributed by atoms with Crippen LogP contribution in [0.25, 0.3) is 11.1 Å². The summed E-state index contributed by atoms with van der Waals surface area (Å²) in [6, 6.07) is 16.6. The molecule has 0 spiro atoms. The second-order valence-electron chi connectivity index (χ2n) is 7.14. The molecule has 0 aliphatic heterocycles. The molecule has 2 aromatic rings. The van der Waals surface area contributed by atoms with Crippen molar-refractivity contribution in [1.82, 2.24) is 4.72 Å². The third-order valence-corrected chi connectivity index (χ3v) is 5.66. The van der Waals surface area contributed by atoms with Crippen LogP contribution in [0.2, 0.25) is 0 Å². The van der Waals surface area contributed by atoms with E-state index in [4.69, 9.17) is 18.0 Å². The summed E-state index contributed by atoms with van der Waals surface area (Å²) >= 11 is 5.15. The van der Waals surface area contributed by atoms with Crippen LogP contribution >= 0.6 is 12.2 Å². The fourth-order valence-electron chi connectivity index (χ4n) is 3.22. The number of benzene rings is 2. The van der Waals surface area contributed by atoms with E-state index in [2.05, 4.69) is 35.1 Å². The number of unbranched alkanes of at least 4 members (excludes halogenated alkanes) is 5. The zero-order valence-electron chi connectivity index (χ0n) is 16.5. The van der Waals surface area contributed by atoms with E-state index in [-0.39, 0.29) is 0 Å². The normalized spacial score (nSPS) is 11.5. The summed E-state index contributed by atoms with van der Waals surface area (Å²) in [5, 5.41) is 0. The molecule has 0 fully saturated rings. The van der Waals surface area contributed by atoms with Gasteiger partial charge >= 0.3 is 0 Å². The van der Waals surface area contributed by atoms with Crippen molar-refractivity contribution in [2.75, 3.05) is 12.8 Å². The van der Waals surface area contributed by atoms with E-state index in [0.29, 0.717) is 11.5 Å². The molecule has 0 aliphatic rings. The number of aryl methyl sites for hydroxylation is 1. The van der Waals surface area contributed by atoms with Crippen LogP contribution < -0.4 is 10.5 Å².